The SMILES string of the molecule is CCSN1CCN(Cc2ccc(-c3cnc4[nH]cc(-c5ccc6[nH]ccc6c5)c4c3)cc2)CC1. The van der Waals surface area contributed by atoms with Crippen LogP contribution in [0.1, 0.15) is 12.5 Å². The summed E-state index contributed by atoms with van der Waals surface area (Å²) in [6.45, 7) is 7.83. The summed E-state index contributed by atoms with van der Waals surface area (Å²) in [4.78, 5) is 13.9. The van der Waals surface area contributed by atoms with Crippen LogP contribution in [0.2, 0.25) is 0 Å². The molecule has 1 fully saturated rings. The van der Waals surface area contributed by atoms with Gasteiger partial charge in [-0.15, -0.1) is 0 Å². The molecule has 5 aromatic rings. The van der Waals surface area contributed by atoms with E-state index in [0.29, 0.717) is 0 Å². The number of benzene rings is 2. The standard InChI is InChI=1S/C28H29N5S/c1-2-34-33-13-11-32(12-14-33)19-20-3-5-21(6-4-20)24-16-25-26(18-31-28(25)30-17-24)22-7-8-27-23(15-22)9-10-29-27/h3-10,15-18,29H,2,11-14,19H2,1H3,(H,30,31). The minimum absolute atomic E-state index is 0.921. The maximum absolute atomic E-state index is 4.72. The van der Waals surface area contributed by atoms with Crippen molar-refractivity contribution in [1.82, 2.24) is 24.2 Å². The Morgan fingerprint density at radius 2 is 1.71 bits per heavy atom. The second-order valence-electron chi connectivity index (χ2n) is 8.92. The fourth-order valence-electron chi connectivity index (χ4n) is 4.88. The molecule has 5 nitrogen and oxygen atoms in total. The molecule has 0 amide bonds. The average molecular weight is 468 g/mol. The summed E-state index contributed by atoms with van der Waals surface area (Å²) in [5.74, 6) is 1.16. The summed E-state index contributed by atoms with van der Waals surface area (Å²) in [7, 11) is 0. The minimum Gasteiger partial charge on any atom is -0.361 e. The topological polar surface area (TPSA) is 50.9 Å². The number of H-pyrrole nitrogens is 2. The van der Waals surface area contributed by atoms with Crippen LogP contribution < -0.4 is 0 Å². The lowest BCUT2D eigenvalue weighted by molar-refractivity contribution is 0.189. The zero-order valence-corrected chi connectivity index (χ0v) is 20.2. The van der Waals surface area contributed by atoms with Crippen molar-refractivity contribution in [3.05, 3.63) is 78.8 Å². The number of nitrogens with one attached hydrogen (secondary N) is 2. The quantitative estimate of drug-likeness (QED) is 0.294. The van der Waals surface area contributed by atoms with Gasteiger partial charge in [-0.2, -0.15) is 0 Å². The van der Waals surface area contributed by atoms with E-state index in [-0.39, 0.29) is 0 Å². The van der Waals surface area contributed by atoms with Gasteiger partial charge in [0.2, 0.25) is 0 Å². The first-order valence-electron chi connectivity index (χ1n) is 12.0. The Balaban J connectivity index is 1.22. The largest absolute Gasteiger partial charge is 0.361 e. The maximum Gasteiger partial charge on any atom is 0.137 e. The fourth-order valence-corrected chi connectivity index (χ4v) is 5.67. The number of rotatable bonds is 6. The summed E-state index contributed by atoms with van der Waals surface area (Å²) in [5, 5.41) is 2.37. The van der Waals surface area contributed by atoms with Crippen molar-refractivity contribution in [3.8, 4) is 22.3 Å². The normalized spacial score (nSPS) is 15.4. The van der Waals surface area contributed by atoms with Crippen LogP contribution in [-0.4, -0.2) is 56.1 Å². The predicted molar refractivity (Wildman–Crippen MR) is 144 cm³/mol. The summed E-state index contributed by atoms with van der Waals surface area (Å²) >= 11 is 1.96. The molecule has 3 aromatic heterocycles. The lowest BCUT2D eigenvalue weighted by Gasteiger charge is -2.33. The lowest BCUT2D eigenvalue weighted by atomic mass is 10.0. The molecule has 0 aliphatic carbocycles. The average Bonchev–Trinajstić information content (AvgIpc) is 3.52. The lowest BCUT2D eigenvalue weighted by Crippen LogP contribution is -2.42. The van der Waals surface area contributed by atoms with E-state index in [2.05, 4.69) is 86.9 Å². The van der Waals surface area contributed by atoms with E-state index in [1.807, 2.05) is 24.3 Å². The molecular weight excluding hydrogens is 438 g/mol. The molecule has 0 bridgehead atoms. The molecule has 0 unspecified atom stereocenters. The molecule has 1 aliphatic heterocycles. The van der Waals surface area contributed by atoms with Crippen molar-refractivity contribution < 1.29 is 0 Å². The highest BCUT2D eigenvalue weighted by Crippen LogP contribution is 2.32. The van der Waals surface area contributed by atoms with Crippen LogP contribution in [0.5, 0.6) is 0 Å². The van der Waals surface area contributed by atoms with Crippen molar-refractivity contribution in [1.29, 1.82) is 0 Å². The second kappa shape index (κ2) is 9.29. The molecular formula is C28H29N5S. The van der Waals surface area contributed by atoms with Gasteiger partial charge >= 0.3 is 0 Å². The molecule has 0 atom stereocenters. The number of hydrogen-bond acceptors (Lipinski definition) is 4. The van der Waals surface area contributed by atoms with Crippen molar-refractivity contribution in [2.24, 2.45) is 0 Å². The van der Waals surface area contributed by atoms with E-state index < -0.39 is 0 Å². The van der Waals surface area contributed by atoms with Crippen LogP contribution in [0.4, 0.5) is 0 Å². The van der Waals surface area contributed by atoms with Gasteiger partial charge in [0, 0.05) is 79.1 Å². The van der Waals surface area contributed by atoms with Gasteiger partial charge < -0.3 is 9.97 Å². The fraction of sp³-hybridized carbons (Fsp3) is 0.250. The monoisotopic (exact) mass is 467 g/mol. The van der Waals surface area contributed by atoms with E-state index >= 15 is 0 Å². The maximum atomic E-state index is 4.72. The summed E-state index contributed by atoms with van der Waals surface area (Å²) in [6, 6.07) is 19.9. The smallest absolute Gasteiger partial charge is 0.137 e. The molecule has 1 aliphatic rings. The zero-order valence-electron chi connectivity index (χ0n) is 19.4. The Kier molecular flexibility index (Phi) is 5.87. The number of fused-ring (bicyclic) bond motifs is 2. The molecule has 0 saturated carbocycles. The first-order chi connectivity index (χ1) is 16.8. The molecule has 4 heterocycles. The van der Waals surface area contributed by atoms with E-state index in [9.17, 15) is 0 Å². The van der Waals surface area contributed by atoms with Gasteiger partial charge in [-0.25, -0.2) is 9.29 Å². The molecule has 2 aromatic carbocycles. The number of aromatic amines is 2. The van der Waals surface area contributed by atoms with Gasteiger partial charge in [0.05, 0.1) is 0 Å². The van der Waals surface area contributed by atoms with E-state index in [0.717, 1.165) is 60.6 Å². The van der Waals surface area contributed by atoms with E-state index in [1.165, 1.54) is 27.6 Å². The van der Waals surface area contributed by atoms with E-state index in [1.54, 1.807) is 0 Å². The zero-order chi connectivity index (χ0) is 22.9. The van der Waals surface area contributed by atoms with Gasteiger partial charge in [0.15, 0.2) is 0 Å². The number of aromatic nitrogens is 3. The Labute approximate surface area is 204 Å². The van der Waals surface area contributed by atoms with Crippen molar-refractivity contribution >= 4 is 33.9 Å². The third-order valence-corrected chi connectivity index (χ3v) is 7.72. The van der Waals surface area contributed by atoms with Crippen LogP contribution in [0.15, 0.2) is 73.2 Å². The van der Waals surface area contributed by atoms with Gasteiger partial charge in [-0.05, 0) is 46.3 Å². The number of piperazine rings is 1. The third kappa shape index (κ3) is 4.25. The van der Waals surface area contributed by atoms with Gasteiger partial charge in [-0.3, -0.25) is 4.90 Å². The van der Waals surface area contributed by atoms with Gasteiger partial charge in [-0.1, -0.05) is 49.2 Å². The Bertz CT molecular complexity index is 1410. The molecule has 0 radical (unpaired) electrons. The minimum atomic E-state index is 0.921. The van der Waals surface area contributed by atoms with Crippen molar-refractivity contribution in [2.75, 3.05) is 31.9 Å². The van der Waals surface area contributed by atoms with Crippen molar-refractivity contribution in [2.45, 2.75) is 13.5 Å². The Hall–Kier alpha value is -3.06. The summed E-state index contributed by atoms with van der Waals surface area (Å²) < 4.78 is 2.49. The summed E-state index contributed by atoms with van der Waals surface area (Å²) in [6.07, 6.45) is 6.02. The molecule has 0 spiro atoms. The highest BCUT2D eigenvalue weighted by Gasteiger charge is 2.17. The molecule has 172 valence electrons. The highest BCUT2D eigenvalue weighted by atomic mass is 32.2. The van der Waals surface area contributed by atoms with Crippen LogP contribution in [0, 0.1) is 0 Å². The Morgan fingerprint density at radius 3 is 2.53 bits per heavy atom. The molecule has 34 heavy (non-hydrogen) atoms. The van der Waals surface area contributed by atoms with Crippen LogP contribution in [0.3, 0.4) is 0 Å². The van der Waals surface area contributed by atoms with E-state index in [4.69, 9.17) is 4.98 Å². The first-order valence-corrected chi connectivity index (χ1v) is 13.0. The second-order valence-corrected chi connectivity index (χ2v) is 10.3. The predicted octanol–water partition coefficient (Wildman–Crippen LogP) is 6.16. The van der Waals surface area contributed by atoms with Gasteiger partial charge in [0.1, 0.15) is 5.65 Å². The molecule has 1 saturated heterocycles. The first kappa shape index (κ1) is 21.5. The van der Waals surface area contributed by atoms with Crippen molar-refractivity contribution in [3.63, 3.8) is 0 Å². The van der Waals surface area contributed by atoms with Crippen LogP contribution in [-0.2, 0) is 6.54 Å². The number of nitrogens with zero attached hydrogens (tertiary/aromatic N) is 3. The van der Waals surface area contributed by atoms with Crippen LogP contribution in [0.25, 0.3) is 44.2 Å². The summed E-state index contributed by atoms with van der Waals surface area (Å²) in [5.41, 5.74) is 8.18. The number of hydrogen-bond donors (Lipinski definition) is 2. The third-order valence-electron chi connectivity index (χ3n) is 6.73. The molecule has 2 N–H and O–H groups in total. The molecule has 6 rings (SSSR count). The number of pyridine rings is 1. The van der Waals surface area contributed by atoms with Gasteiger partial charge in [0.25, 0.3) is 0 Å². The van der Waals surface area contributed by atoms with Crippen LogP contribution >= 0.6 is 11.9 Å². The Morgan fingerprint density at radius 1 is 0.882 bits per heavy atom. The molecule has 6 heteroatoms. The highest BCUT2D eigenvalue weighted by molar-refractivity contribution is 7.96.